The molecule has 1 heterocycles. The number of rotatable bonds is 7. The molecule has 0 amide bonds. The number of aliphatic hydroxyl groups is 2. The van der Waals surface area contributed by atoms with Crippen molar-refractivity contribution in [1.82, 2.24) is 4.57 Å². The molecule has 0 saturated heterocycles. The third-order valence-corrected chi connectivity index (χ3v) is 5.13. The Morgan fingerprint density at radius 3 is 2.03 bits per heavy atom. The van der Waals surface area contributed by atoms with Gasteiger partial charge in [-0.15, -0.1) is 12.2 Å². The van der Waals surface area contributed by atoms with E-state index in [-0.39, 0.29) is 34.2 Å². The van der Waals surface area contributed by atoms with Gasteiger partial charge in [-0.05, 0) is 48.0 Å². The predicted molar refractivity (Wildman–Crippen MR) is 129 cm³/mol. The zero-order chi connectivity index (χ0) is 24.0. The molecular weight excluding hydrogens is 610 g/mol. The molecule has 34 heavy (non-hydrogen) atoms. The molecule has 0 saturated carbocycles. The van der Waals surface area contributed by atoms with Crippen LogP contribution >= 0.6 is 0 Å². The van der Waals surface area contributed by atoms with E-state index in [0.717, 1.165) is 29.9 Å². The van der Waals surface area contributed by atoms with E-state index in [1.807, 2.05) is 4.57 Å². The number of aromatic nitrogens is 1. The summed E-state index contributed by atoms with van der Waals surface area (Å²) in [6.45, 7) is 0.391. The Bertz CT molecular complexity index is 1230. The second-order valence-electron chi connectivity index (χ2n) is 7.26. The van der Waals surface area contributed by atoms with E-state index in [0.29, 0.717) is 22.2 Å². The number of nitrogens with one attached hydrogen (secondary N) is 1. The Morgan fingerprint density at radius 2 is 1.53 bits per heavy atom. The van der Waals surface area contributed by atoms with Crippen molar-refractivity contribution >= 4 is 39.4 Å². The van der Waals surface area contributed by atoms with Crippen LogP contribution in [0.15, 0.2) is 66.7 Å². The molecule has 0 aliphatic rings. The smallest absolute Gasteiger partial charge is 0.123 e. The van der Waals surface area contributed by atoms with Crippen molar-refractivity contribution in [1.29, 1.82) is 5.41 Å². The fourth-order valence-corrected chi connectivity index (χ4v) is 3.67. The minimum Gasteiger partial charge on any atom is -0.682 e. The molecule has 3 aromatic carbocycles. The van der Waals surface area contributed by atoms with Crippen LogP contribution in [0.5, 0.6) is 0 Å². The molecule has 1 unspecified atom stereocenters. The van der Waals surface area contributed by atoms with Gasteiger partial charge in [-0.2, -0.15) is 0 Å². The van der Waals surface area contributed by atoms with Crippen LogP contribution in [0.25, 0.3) is 32.8 Å². The summed E-state index contributed by atoms with van der Waals surface area (Å²) in [5, 5.41) is 30.3. The number of allylic oxidation sites excluding steroid dienone is 1. The van der Waals surface area contributed by atoms with Gasteiger partial charge in [0.1, 0.15) is 11.6 Å². The summed E-state index contributed by atoms with van der Waals surface area (Å²) >= 11 is 0. The summed E-state index contributed by atoms with van der Waals surface area (Å²) in [5.41, 5.74) is 9.26. The molecule has 4 aromatic rings. The van der Waals surface area contributed by atoms with Crippen molar-refractivity contribution in [2.45, 2.75) is 12.6 Å². The summed E-state index contributed by atoms with van der Waals surface area (Å²) < 4.78 is 29.4. The van der Waals surface area contributed by atoms with Gasteiger partial charge in [0.25, 0.3) is 0 Å². The molecule has 1 aromatic heterocycles. The Morgan fingerprint density at radius 1 is 1.00 bits per heavy atom. The molecule has 0 bridgehead atoms. The van der Waals surface area contributed by atoms with Gasteiger partial charge in [0.15, 0.2) is 0 Å². The molecule has 5 N–H and O–H groups in total. The average Bonchev–Trinajstić information content (AvgIpc) is 3.11. The molecular formula is C25H25F2N4O2W-. The van der Waals surface area contributed by atoms with Crippen molar-refractivity contribution in [2.75, 3.05) is 13.7 Å². The van der Waals surface area contributed by atoms with E-state index >= 15 is 0 Å². The number of benzene rings is 3. The van der Waals surface area contributed by atoms with Gasteiger partial charge >= 0.3 is 0 Å². The van der Waals surface area contributed by atoms with E-state index in [2.05, 4.69) is 5.32 Å². The summed E-state index contributed by atoms with van der Waals surface area (Å²) in [4.78, 5) is 0. The van der Waals surface area contributed by atoms with E-state index in [4.69, 9.17) is 16.2 Å². The van der Waals surface area contributed by atoms with Crippen LogP contribution < -0.4 is 5.73 Å². The molecule has 1 atom stereocenters. The van der Waals surface area contributed by atoms with Crippen LogP contribution in [0.2, 0.25) is 0 Å². The predicted octanol–water partition coefficient (Wildman–Crippen LogP) is 4.69. The Hall–Kier alpha value is -3.06. The molecule has 4 rings (SSSR count). The van der Waals surface area contributed by atoms with Gasteiger partial charge in [0.05, 0.1) is 6.10 Å². The van der Waals surface area contributed by atoms with E-state index < -0.39 is 17.7 Å². The van der Waals surface area contributed by atoms with Gasteiger partial charge in [-0.1, -0.05) is 24.3 Å². The average molecular weight is 635 g/mol. The van der Waals surface area contributed by atoms with Gasteiger partial charge in [0.2, 0.25) is 0 Å². The van der Waals surface area contributed by atoms with E-state index in [9.17, 15) is 13.9 Å². The zero-order valence-corrected chi connectivity index (χ0v) is 21.4. The first kappa shape index (κ1) is 27.2. The fourth-order valence-electron chi connectivity index (χ4n) is 3.67. The second kappa shape index (κ2) is 12.4. The number of nitrogens with zero attached hydrogens (tertiary/aromatic N) is 2. The fraction of sp³-hybridized carbons (Fsp3) is 0.160. The number of halogens is 2. The SMILES string of the molecule is CO.N=C/C=C(\N)c1ccc([N-]CC(O)Cn2c3ccc(F)cc3c3cc(F)ccc32)cc1.[W]. The zero-order valence-electron chi connectivity index (χ0n) is 18.5. The maximum absolute atomic E-state index is 13.8. The third-order valence-electron chi connectivity index (χ3n) is 5.13. The Balaban J connectivity index is 0.00000133. The van der Waals surface area contributed by atoms with Gasteiger partial charge < -0.3 is 31.2 Å². The minimum atomic E-state index is -0.795. The molecule has 0 aliphatic carbocycles. The van der Waals surface area contributed by atoms with Crippen molar-refractivity contribution in [3.63, 3.8) is 0 Å². The molecule has 178 valence electrons. The first-order valence-corrected chi connectivity index (χ1v) is 10.2. The number of fused-ring (bicyclic) bond motifs is 3. The molecule has 6 nitrogen and oxygen atoms in total. The van der Waals surface area contributed by atoms with Crippen LogP contribution in [0.3, 0.4) is 0 Å². The van der Waals surface area contributed by atoms with Crippen LogP contribution in [-0.4, -0.2) is 40.8 Å². The van der Waals surface area contributed by atoms with Crippen LogP contribution in [0.4, 0.5) is 14.5 Å². The summed E-state index contributed by atoms with van der Waals surface area (Å²) in [6.07, 6.45) is 1.83. The van der Waals surface area contributed by atoms with Crippen LogP contribution in [0, 0.1) is 17.0 Å². The number of aliphatic hydroxyl groups excluding tert-OH is 2. The quantitative estimate of drug-likeness (QED) is 0.221. The maximum Gasteiger partial charge on any atom is 0.123 e. The van der Waals surface area contributed by atoms with Crippen molar-refractivity contribution in [3.8, 4) is 0 Å². The standard InChI is InChI=1S/C24H21F2N4O.CH4O.W/c25-16-3-7-23-20(11-16)21-12-17(26)4-8-24(21)30(23)14-19(31)13-29-18-5-1-15(2-6-18)22(28)9-10-27;1-2;/h1-12,19,27,31H,13-14,28H2;2H,1H3;/q-1;;/b22-9-,27-10?;;. The monoisotopic (exact) mass is 635 g/mol. The van der Waals surface area contributed by atoms with Gasteiger partial charge in [0, 0.05) is 68.4 Å². The van der Waals surface area contributed by atoms with Crippen molar-refractivity contribution in [3.05, 3.63) is 89.3 Å². The Labute approximate surface area is 210 Å². The summed E-state index contributed by atoms with van der Waals surface area (Å²) in [7, 11) is 1.00. The molecule has 0 radical (unpaired) electrons. The summed E-state index contributed by atoms with van der Waals surface area (Å²) in [5.74, 6) is -0.795. The van der Waals surface area contributed by atoms with Crippen molar-refractivity contribution < 1.29 is 40.1 Å². The first-order valence-electron chi connectivity index (χ1n) is 10.2. The van der Waals surface area contributed by atoms with Gasteiger partial charge in [-0.25, -0.2) is 8.78 Å². The van der Waals surface area contributed by atoms with E-state index in [1.54, 1.807) is 36.4 Å². The third kappa shape index (κ3) is 6.08. The van der Waals surface area contributed by atoms with Gasteiger partial charge in [-0.3, -0.25) is 0 Å². The Kier molecular flexibility index (Phi) is 9.93. The molecule has 0 aliphatic heterocycles. The number of nitrogens with two attached hydrogens (primary N) is 1. The maximum atomic E-state index is 13.8. The minimum absolute atomic E-state index is 0. The van der Waals surface area contributed by atoms with E-state index in [1.165, 1.54) is 30.3 Å². The number of hydrogen-bond acceptors (Lipinski definition) is 4. The largest absolute Gasteiger partial charge is 0.682 e. The topological polar surface area (TPSA) is 109 Å². The normalized spacial score (nSPS) is 12.0. The van der Waals surface area contributed by atoms with Crippen molar-refractivity contribution in [2.24, 2.45) is 5.73 Å². The van der Waals surface area contributed by atoms with Crippen LogP contribution in [0.1, 0.15) is 5.56 Å². The molecule has 0 spiro atoms. The number of hydrogen-bond donors (Lipinski definition) is 4. The van der Waals surface area contributed by atoms with Crippen LogP contribution in [-0.2, 0) is 27.6 Å². The second-order valence-corrected chi connectivity index (χ2v) is 7.26. The first-order chi connectivity index (χ1) is 16.0. The molecule has 0 fully saturated rings. The summed E-state index contributed by atoms with van der Waals surface area (Å²) in [6, 6.07) is 15.9. The molecule has 9 heteroatoms.